The van der Waals surface area contributed by atoms with E-state index >= 15 is 0 Å². The average Bonchev–Trinajstić information content (AvgIpc) is 2.45. The summed E-state index contributed by atoms with van der Waals surface area (Å²) < 4.78 is 62.5. The van der Waals surface area contributed by atoms with Crippen LogP contribution in [0, 0.1) is 5.41 Å². The molecule has 0 spiro atoms. The van der Waals surface area contributed by atoms with E-state index in [4.69, 9.17) is 16.3 Å². The number of ether oxygens (including phenoxy) is 1. The summed E-state index contributed by atoms with van der Waals surface area (Å²) in [7, 11) is 0. The molecule has 22 heavy (non-hydrogen) atoms. The van der Waals surface area contributed by atoms with Crippen LogP contribution < -0.4 is 0 Å². The minimum absolute atomic E-state index is 0.0757. The van der Waals surface area contributed by atoms with Crippen molar-refractivity contribution >= 4 is 11.6 Å². The van der Waals surface area contributed by atoms with Crippen LogP contribution in [0.1, 0.15) is 51.9 Å². The van der Waals surface area contributed by atoms with E-state index in [0.717, 1.165) is 12.5 Å². The third kappa shape index (κ3) is 2.60. The lowest BCUT2D eigenvalue weighted by Crippen LogP contribution is -2.60. The predicted molar refractivity (Wildman–Crippen MR) is 78.3 cm³/mol. The topological polar surface area (TPSA) is 9.23 Å². The van der Waals surface area contributed by atoms with E-state index in [1.54, 1.807) is 0 Å². The molecule has 0 N–H and O–H groups in total. The van der Waals surface area contributed by atoms with Crippen LogP contribution in [0.4, 0.5) is 17.6 Å². The Morgan fingerprint density at radius 3 is 2.32 bits per heavy atom. The molecule has 2 rings (SSSR count). The summed E-state index contributed by atoms with van der Waals surface area (Å²) in [6, 6.07) is 0. The van der Waals surface area contributed by atoms with Crippen LogP contribution in [0.5, 0.6) is 0 Å². The molecular weight excluding hydrogens is 320 g/mol. The van der Waals surface area contributed by atoms with E-state index < -0.39 is 28.1 Å². The number of rotatable bonds is 4. The molecular formula is C16H21ClF4O. The Morgan fingerprint density at radius 2 is 1.82 bits per heavy atom. The van der Waals surface area contributed by atoms with Gasteiger partial charge in [0.05, 0.1) is 5.60 Å². The molecule has 1 fully saturated rings. The molecule has 0 aromatic rings. The molecule has 0 aromatic heterocycles. The van der Waals surface area contributed by atoms with Gasteiger partial charge in [0.2, 0.25) is 0 Å². The summed E-state index contributed by atoms with van der Waals surface area (Å²) in [5.74, 6) is -1.22. The van der Waals surface area contributed by atoms with Crippen LogP contribution in [0.25, 0.3) is 0 Å². The minimum Gasteiger partial charge on any atom is -0.373 e. The second kappa shape index (κ2) is 6.52. The van der Waals surface area contributed by atoms with Gasteiger partial charge in [-0.05, 0) is 31.8 Å². The molecule has 126 valence electrons. The zero-order valence-electron chi connectivity index (χ0n) is 12.6. The van der Waals surface area contributed by atoms with Crippen molar-refractivity contribution in [2.75, 3.05) is 6.61 Å². The third-order valence-corrected chi connectivity index (χ3v) is 5.10. The van der Waals surface area contributed by atoms with Gasteiger partial charge >= 0.3 is 6.18 Å². The molecule has 2 aliphatic carbocycles. The zero-order chi connectivity index (χ0) is 16.4. The molecule has 1 atom stereocenters. The standard InChI is InChI=1S/C16H21ClF4O/c1-2-11-22-14(9-4-3-5-10-14)15(16(19,20)21)12(17)7-6-8-13(15)18/h7-8H,2-6,9-11H2,1H3. The summed E-state index contributed by atoms with van der Waals surface area (Å²) in [5.41, 5.74) is -4.50. The second-order valence-electron chi connectivity index (χ2n) is 5.99. The van der Waals surface area contributed by atoms with Gasteiger partial charge in [-0.25, -0.2) is 4.39 Å². The molecule has 0 amide bonds. The molecule has 1 nitrogen and oxygen atoms in total. The minimum atomic E-state index is -4.84. The van der Waals surface area contributed by atoms with Gasteiger partial charge in [0.1, 0.15) is 5.83 Å². The summed E-state index contributed by atoms with van der Waals surface area (Å²) >= 11 is 6.00. The van der Waals surface area contributed by atoms with Gasteiger partial charge in [-0.2, -0.15) is 13.2 Å². The fraction of sp³-hybridized carbons (Fsp3) is 0.750. The normalized spacial score (nSPS) is 29.0. The monoisotopic (exact) mass is 340 g/mol. The van der Waals surface area contributed by atoms with E-state index in [1.807, 2.05) is 6.92 Å². The Balaban J connectivity index is 2.62. The maximum atomic E-state index is 14.6. The van der Waals surface area contributed by atoms with Crippen LogP contribution in [0.2, 0.25) is 0 Å². The molecule has 0 radical (unpaired) electrons. The molecule has 0 heterocycles. The largest absolute Gasteiger partial charge is 0.408 e. The SMILES string of the molecule is CCCOC1(C2(C(F)(F)F)C(F)=CCC=C2Cl)CCCCC1. The van der Waals surface area contributed by atoms with Gasteiger partial charge in [0.15, 0.2) is 5.41 Å². The van der Waals surface area contributed by atoms with Crippen molar-refractivity contribution in [3.8, 4) is 0 Å². The van der Waals surface area contributed by atoms with Gasteiger partial charge in [-0.1, -0.05) is 43.9 Å². The molecule has 0 aromatic carbocycles. The molecule has 0 bridgehead atoms. The first-order valence-electron chi connectivity index (χ1n) is 7.75. The van der Waals surface area contributed by atoms with Crippen LogP contribution in [0.15, 0.2) is 23.0 Å². The van der Waals surface area contributed by atoms with Crippen molar-refractivity contribution < 1.29 is 22.3 Å². The first kappa shape index (κ1) is 17.8. The van der Waals surface area contributed by atoms with Gasteiger partial charge in [0.25, 0.3) is 0 Å². The fourth-order valence-electron chi connectivity index (χ4n) is 3.70. The highest BCUT2D eigenvalue weighted by Gasteiger charge is 2.72. The quantitative estimate of drug-likeness (QED) is 0.566. The summed E-state index contributed by atoms with van der Waals surface area (Å²) in [5, 5.41) is -0.488. The number of hydrogen-bond acceptors (Lipinski definition) is 1. The molecule has 0 saturated heterocycles. The second-order valence-corrected chi connectivity index (χ2v) is 6.40. The average molecular weight is 341 g/mol. The van der Waals surface area contributed by atoms with Crippen molar-refractivity contribution in [2.45, 2.75) is 63.6 Å². The van der Waals surface area contributed by atoms with Crippen molar-refractivity contribution in [1.82, 2.24) is 0 Å². The fourth-order valence-corrected chi connectivity index (χ4v) is 4.16. The van der Waals surface area contributed by atoms with E-state index in [-0.39, 0.29) is 25.9 Å². The number of hydrogen-bond donors (Lipinski definition) is 0. The van der Waals surface area contributed by atoms with Gasteiger partial charge < -0.3 is 4.74 Å². The van der Waals surface area contributed by atoms with Crippen molar-refractivity contribution in [3.63, 3.8) is 0 Å². The molecule has 0 aliphatic heterocycles. The molecule has 1 unspecified atom stereocenters. The molecule has 1 saturated carbocycles. The zero-order valence-corrected chi connectivity index (χ0v) is 13.4. The molecule has 6 heteroatoms. The Bertz CT molecular complexity index is 443. The van der Waals surface area contributed by atoms with E-state index in [0.29, 0.717) is 19.3 Å². The Hall–Kier alpha value is -0.550. The Morgan fingerprint density at radius 1 is 1.18 bits per heavy atom. The van der Waals surface area contributed by atoms with Crippen LogP contribution in [-0.4, -0.2) is 18.4 Å². The highest BCUT2D eigenvalue weighted by Crippen LogP contribution is 2.64. The van der Waals surface area contributed by atoms with Crippen molar-refractivity contribution in [1.29, 1.82) is 0 Å². The van der Waals surface area contributed by atoms with E-state index in [1.165, 1.54) is 6.08 Å². The lowest BCUT2D eigenvalue weighted by molar-refractivity contribution is -0.276. The number of halogens is 5. The van der Waals surface area contributed by atoms with Gasteiger partial charge in [0, 0.05) is 11.6 Å². The lowest BCUT2D eigenvalue weighted by Gasteiger charge is -2.52. The third-order valence-electron chi connectivity index (χ3n) is 4.66. The highest BCUT2D eigenvalue weighted by atomic mass is 35.5. The summed E-state index contributed by atoms with van der Waals surface area (Å²) in [4.78, 5) is 0. The maximum Gasteiger partial charge on any atom is 0.408 e. The molecule has 2 aliphatic rings. The summed E-state index contributed by atoms with van der Waals surface area (Å²) in [6.45, 7) is 1.98. The summed E-state index contributed by atoms with van der Waals surface area (Å²) in [6.07, 6.45) is 0.363. The maximum absolute atomic E-state index is 14.6. The van der Waals surface area contributed by atoms with Crippen LogP contribution >= 0.6 is 11.6 Å². The van der Waals surface area contributed by atoms with E-state index in [9.17, 15) is 17.6 Å². The van der Waals surface area contributed by atoms with Gasteiger partial charge in [-0.15, -0.1) is 0 Å². The predicted octanol–water partition coefficient (Wildman–Crippen LogP) is 6.04. The first-order valence-corrected chi connectivity index (χ1v) is 8.12. The highest BCUT2D eigenvalue weighted by molar-refractivity contribution is 6.30. The van der Waals surface area contributed by atoms with Crippen LogP contribution in [0.3, 0.4) is 0 Å². The Labute approximate surface area is 133 Å². The van der Waals surface area contributed by atoms with Crippen molar-refractivity contribution in [3.05, 3.63) is 23.0 Å². The number of allylic oxidation sites excluding steroid dienone is 2. The first-order chi connectivity index (χ1) is 10.3. The Kier molecular flexibility index (Phi) is 5.27. The van der Waals surface area contributed by atoms with E-state index in [2.05, 4.69) is 0 Å². The number of alkyl halides is 3. The van der Waals surface area contributed by atoms with Crippen molar-refractivity contribution in [2.24, 2.45) is 5.41 Å². The van der Waals surface area contributed by atoms with Crippen LogP contribution in [-0.2, 0) is 4.74 Å². The van der Waals surface area contributed by atoms with Gasteiger partial charge in [-0.3, -0.25) is 0 Å². The lowest BCUT2D eigenvalue weighted by atomic mass is 9.62. The smallest absolute Gasteiger partial charge is 0.373 e.